The fourth-order valence-electron chi connectivity index (χ4n) is 2.54. The molecule has 0 saturated carbocycles. The summed E-state index contributed by atoms with van der Waals surface area (Å²) in [5, 5.41) is 14.2. The molecular formula is C16H9IO2. The Morgan fingerprint density at radius 1 is 0.895 bits per heavy atom. The summed E-state index contributed by atoms with van der Waals surface area (Å²) in [6, 6.07) is 15.8. The summed E-state index contributed by atoms with van der Waals surface area (Å²) < 4.78 is 6.82. The number of furan rings is 1. The van der Waals surface area contributed by atoms with Gasteiger partial charge in [-0.3, -0.25) is 0 Å². The largest absolute Gasteiger partial charge is 0.507 e. The minimum Gasteiger partial charge on any atom is -0.507 e. The Hall–Kier alpha value is -1.75. The van der Waals surface area contributed by atoms with Gasteiger partial charge >= 0.3 is 0 Å². The number of benzene rings is 3. The Balaban J connectivity index is 2.32. The van der Waals surface area contributed by atoms with Crippen LogP contribution in [0.1, 0.15) is 0 Å². The van der Waals surface area contributed by atoms with Gasteiger partial charge in [-0.25, -0.2) is 0 Å². The monoisotopic (exact) mass is 360 g/mol. The van der Waals surface area contributed by atoms with Crippen LogP contribution in [0.2, 0.25) is 0 Å². The van der Waals surface area contributed by atoms with E-state index in [1.54, 1.807) is 6.07 Å². The number of hydrogen-bond acceptors (Lipinski definition) is 2. The van der Waals surface area contributed by atoms with Gasteiger partial charge in [-0.2, -0.15) is 0 Å². The first-order valence-corrected chi connectivity index (χ1v) is 7.05. The Morgan fingerprint density at radius 2 is 1.74 bits per heavy atom. The van der Waals surface area contributed by atoms with Gasteiger partial charge < -0.3 is 9.52 Å². The molecule has 1 heterocycles. The third-order valence-corrected chi connectivity index (χ3v) is 4.54. The van der Waals surface area contributed by atoms with Crippen LogP contribution in [0.15, 0.2) is 52.9 Å². The molecular weight excluding hydrogens is 351 g/mol. The Labute approximate surface area is 122 Å². The minimum atomic E-state index is 0.295. The first-order chi connectivity index (χ1) is 9.25. The third kappa shape index (κ3) is 1.48. The molecule has 0 fully saturated rings. The van der Waals surface area contributed by atoms with Gasteiger partial charge in [0.1, 0.15) is 16.9 Å². The van der Waals surface area contributed by atoms with Crippen molar-refractivity contribution < 1.29 is 9.52 Å². The minimum absolute atomic E-state index is 0.295. The fourth-order valence-corrected chi connectivity index (χ4v) is 3.28. The van der Waals surface area contributed by atoms with Crippen molar-refractivity contribution in [1.29, 1.82) is 0 Å². The van der Waals surface area contributed by atoms with Gasteiger partial charge in [0, 0.05) is 16.2 Å². The van der Waals surface area contributed by atoms with Gasteiger partial charge in [-0.05, 0) is 46.2 Å². The Morgan fingerprint density at radius 3 is 2.63 bits per heavy atom. The second kappa shape index (κ2) is 3.87. The van der Waals surface area contributed by atoms with Gasteiger partial charge in [0.05, 0.1) is 3.57 Å². The highest BCUT2D eigenvalue weighted by atomic mass is 127. The van der Waals surface area contributed by atoms with Crippen LogP contribution in [-0.4, -0.2) is 5.11 Å². The number of hydrogen-bond donors (Lipinski definition) is 1. The number of fused-ring (bicyclic) bond motifs is 5. The summed E-state index contributed by atoms with van der Waals surface area (Å²) in [6.45, 7) is 0. The molecule has 1 aromatic heterocycles. The van der Waals surface area contributed by atoms with Crippen molar-refractivity contribution >= 4 is 55.3 Å². The molecule has 0 amide bonds. The average molecular weight is 360 g/mol. The lowest BCUT2D eigenvalue weighted by Gasteiger charge is -1.98. The molecule has 0 spiro atoms. The quantitative estimate of drug-likeness (QED) is 0.445. The molecule has 92 valence electrons. The van der Waals surface area contributed by atoms with Crippen molar-refractivity contribution in [3.05, 3.63) is 52.1 Å². The molecule has 19 heavy (non-hydrogen) atoms. The van der Waals surface area contributed by atoms with E-state index in [2.05, 4.69) is 46.9 Å². The fraction of sp³-hybridized carbons (Fsp3) is 0. The van der Waals surface area contributed by atoms with Gasteiger partial charge in [-0.1, -0.05) is 30.3 Å². The topological polar surface area (TPSA) is 33.4 Å². The first-order valence-electron chi connectivity index (χ1n) is 5.97. The summed E-state index contributed by atoms with van der Waals surface area (Å²) in [7, 11) is 0. The summed E-state index contributed by atoms with van der Waals surface area (Å²) in [5.41, 5.74) is 1.70. The third-order valence-electron chi connectivity index (χ3n) is 3.44. The molecule has 0 aliphatic rings. The van der Waals surface area contributed by atoms with Crippen molar-refractivity contribution in [3.8, 4) is 5.75 Å². The zero-order valence-corrected chi connectivity index (χ0v) is 12.0. The summed E-state index contributed by atoms with van der Waals surface area (Å²) in [4.78, 5) is 0. The van der Waals surface area contributed by atoms with Gasteiger partial charge in [-0.15, -0.1) is 0 Å². The lowest BCUT2D eigenvalue weighted by atomic mass is 10.1. The van der Waals surface area contributed by atoms with Crippen LogP contribution in [0.4, 0.5) is 0 Å². The summed E-state index contributed by atoms with van der Waals surface area (Å²) >= 11 is 2.16. The molecule has 4 rings (SSSR count). The van der Waals surface area contributed by atoms with Crippen molar-refractivity contribution in [1.82, 2.24) is 0 Å². The van der Waals surface area contributed by atoms with E-state index in [1.165, 1.54) is 0 Å². The molecule has 0 aliphatic heterocycles. The number of phenolic OH excluding ortho intramolecular Hbond substituents is 1. The SMILES string of the molecule is Oc1ccc2oc3c4ccccc4ccc3c2c1I. The molecule has 4 aromatic rings. The van der Waals surface area contributed by atoms with E-state index in [0.717, 1.165) is 36.3 Å². The zero-order chi connectivity index (χ0) is 13.0. The molecule has 3 aromatic carbocycles. The molecule has 0 bridgehead atoms. The maximum absolute atomic E-state index is 9.86. The number of halogens is 1. The summed E-state index contributed by atoms with van der Waals surface area (Å²) in [5.74, 6) is 0.295. The average Bonchev–Trinajstić information content (AvgIpc) is 2.82. The van der Waals surface area contributed by atoms with Crippen LogP contribution in [0.5, 0.6) is 5.75 Å². The van der Waals surface area contributed by atoms with Crippen LogP contribution in [0, 0.1) is 3.57 Å². The molecule has 1 N–H and O–H groups in total. The Bertz CT molecular complexity index is 938. The van der Waals surface area contributed by atoms with Crippen LogP contribution in [0.3, 0.4) is 0 Å². The smallest absolute Gasteiger partial charge is 0.143 e. The normalized spacial score (nSPS) is 11.6. The van der Waals surface area contributed by atoms with E-state index in [9.17, 15) is 5.11 Å². The van der Waals surface area contributed by atoms with Gasteiger partial charge in [0.2, 0.25) is 0 Å². The highest BCUT2D eigenvalue weighted by molar-refractivity contribution is 14.1. The van der Waals surface area contributed by atoms with E-state index in [0.29, 0.717) is 5.75 Å². The van der Waals surface area contributed by atoms with Crippen LogP contribution >= 0.6 is 22.6 Å². The van der Waals surface area contributed by atoms with Crippen LogP contribution in [0.25, 0.3) is 32.7 Å². The molecule has 0 radical (unpaired) electrons. The molecule has 0 atom stereocenters. The van der Waals surface area contributed by atoms with E-state index < -0.39 is 0 Å². The standard InChI is InChI=1S/C16H9IO2/c17-15-12(18)7-8-13-14(15)11-6-5-9-3-1-2-4-10(9)16(11)19-13/h1-8,18H. The molecule has 0 unspecified atom stereocenters. The van der Waals surface area contributed by atoms with Gasteiger partial charge in [0.15, 0.2) is 0 Å². The van der Waals surface area contributed by atoms with Crippen molar-refractivity contribution in [3.63, 3.8) is 0 Å². The second-order valence-corrected chi connectivity index (χ2v) is 5.62. The van der Waals surface area contributed by atoms with E-state index in [-0.39, 0.29) is 0 Å². The predicted octanol–water partition coefficient (Wildman–Crippen LogP) is 5.05. The lowest BCUT2D eigenvalue weighted by molar-refractivity contribution is 0.472. The van der Waals surface area contributed by atoms with E-state index in [1.807, 2.05) is 18.2 Å². The van der Waals surface area contributed by atoms with E-state index in [4.69, 9.17) is 4.42 Å². The molecule has 2 nitrogen and oxygen atoms in total. The van der Waals surface area contributed by atoms with Crippen molar-refractivity contribution in [2.75, 3.05) is 0 Å². The highest BCUT2D eigenvalue weighted by Crippen LogP contribution is 2.38. The van der Waals surface area contributed by atoms with Gasteiger partial charge in [0.25, 0.3) is 0 Å². The zero-order valence-electron chi connectivity index (χ0n) is 9.85. The molecule has 3 heteroatoms. The van der Waals surface area contributed by atoms with Crippen molar-refractivity contribution in [2.24, 2.45) is 0 Å². The first kappa shape index (κ1) is 11.1. The summed E-state index contributed by atoms with van der Waals surface area (Å²) in [6.07, 6.45) is 0. The molecule has 0 saturated heterocycles. The van der Waals surface area contributed by atoms with Crippen LogP contribution in [-0.2, 0) is 0 Å². The van der Waals surface area contributed by atoms with Crippen LogP contribution < -0.4 is 0 Å². The van der Waals surface area contributed by atoms with E-state index >= 15 is 0 Å². The number of phenols is 1. The highest BCUT2D eigenvalue weighted by Gasteiger charge is 2.14. The molecule has 0 aliphatic carbocycles. The maximum atomic E-state index is 9.86. The Kier molecular flexibility index (Phi) is 2.26. The van der Waals surface area contributed by atoms with Crippen molar-refractivity contribution in [2.45, 2.75) is 0 Å². The lowest BCUT2D eigenvalue weighted by Crippen LogP contribution is -1.76. The number of aromatic hydroxyl groups is 1. The second-order valence-electron chi connectivity index (χ2n) is 4.54. The number of rotatable bonds is 0. The predicted molar refractivity (Wildman–Crippen MR) is 85.6 cm³/mol. The maximum Gasteiger partial charge on any atom is 0.143 e.